The number of para-hydroxylation sites is 1. The van der Waals surface area contributed by atoms with E-state index < -0.39 is 0 Å². The van der Waals surface area contributed by atoms with Gasteiger partial charge in [0.15, 0.2) is 0 Å². The van der Waals surface area contributed by atoms with Crippen molar-refractivity contribution < 1.29 is 0 Å². The van der Waals surface area contributed by atoms with E-state index in [0.29, 0.717) is 0 Å². The van der Waals surface area contributed by atoms with Crippen LogP contribution in [-0.4, -0.2) is 0 Å². The number of benzene rings is 8. The lowest BCUT2D eigenvalue weighted by Gasteiger charge is -2.32. The Balaban J connectivity index is 1.21. The van der Waals surface area contributed by atoms with Gasteiger partial charge in [0.05, 0.1) is 5.69 Å². The van der Waals surface area contributed by atoms with Crippen LogP contribution < -0.4 is 4.90 Å². The van der Waals surface area contributed by atoms with Crippen molar-refractivity contribution in [3.05, 3.63) is 222 Å². The van der Waals surface area contributed by atoms with Gasteiger partial charge in [-0.25, -0.2) is 0 Å². The standard InChI is InChI=1S/C55H45N/c1-4-55(5-2)49-28-16-13-25-47(49)53-46(26-18-29-50(53)55)45-24-14-17-30-52(45)56(41-33-31-39(32-34-41)38-19-8-6-9-20-38)42-35-36-44-43-23-12-15-27-48(43)54(3,51(44)37-42)40-21-10-7-11-22-40/h6-37H,4-5H2,1-3H3. The van der Waals surface area contributed by atoms with E-state index in [1.165, 1.54) is 72.3 Å². The van der Waals surface area contributed by atoms with Gasteiger partial charge in [0.1, 0.15) is 0 Å². The van der Waals surface area contributed by atoms with Crippen LogP contribution in [0, 0.1) is 0 Å². The molecule has 0 aromatic heterocycles. The van der Waals surface area contributed by atoms with E-state index in [9.17, 15) is 0 Å². The molecule has 56 heavy (non-hydrogen) atoms. The third-order valence-electron chi connectivity index (χ3n) is 13.1. The Hall–Kier alpha value is -6.44. The van der Waals surface area contributed by atoms with E-state index in [1.807, 2.05) is 0 Å². The van der Waals surface area contributed by atoms with Gasteiger partial charge in [-0.15, -0.1) is 0 Å². The third-order valence-corrected chi connectivity index (χ3v) is 13.1. The van der Waals surface area contributed by atoms with Crippen LogP contribution in [0.15, 0.2) is 194 Å². The van der Waals surface area contributed by atoms with Gasteiger partial charge in [0.25, 0.3) is 0 Å². The summed E-state index contributed by atoms with van der Waals surface area (Å²) in [6.07, 6.45) is 2.13. The molecule has 0 heterocycles. The zero-order chi connectivity index (χ0) is 37.9. The summed E-state index contributed by atoms with van der Waals surface area (Å²) < 4.78 is 0. The van der Waals surface area contributed by atoms with Crippen LogP contribution in [-0.2, 0) is 10.8 Å². The molecule has 8 aromatic rings. The fraction of sp³-hybridized carbons (Fsp3) is 0.127. The highest BCUT2D eigenvalue weighted by Gasteiger charge is 2.43. The first kappa shape index (κ1) is 34.1. The average molecular weight is 720 g/mol. The van der Waals surface area contributed by atoms with Gasteiger partial charge in [0.2, 0.25) is 0 Å². The highest BCUT2D eigenvalue weighted by Crippen LogP contribution is 2.57. The first-order valence-electron chi connectivity index (χ1n) is 20.1. The van der Waals surface area contributed by atoms with Crippen LogP contribution in [0.3, 0.4) is 0 Å². The molecule has 1 unspecified atom stereocenters. The van der Waals surface area contributed by atoms with E-state index in [1.54, 1.807) is 0 Å². The zero-order valence-electron chi connectivity index (χ0n) is 32.3. The summed E-state index contributed by atoms with van der Waals surface area (Å²) in [4.78, 5) is 2.49. The Bertz CT molecular complexity index is 2720. The number of hydrogen-bond acceptors (Lipinski definition) is 1. The number of fused-ring (bicyclic) bond motifs is 6. The molecular weight excluding hydrogens is 675 g/mol. The smallest absolute Gasteiger partial charge is 0.0540 e. The molecule has 2 aliphatic carbocycles. The summed E-state index contributed by atoms with van der Waals surface area (Å²) in [5.74, 6) is 0. The lowest BCUT2D eigenvalue weighted by Crippen LogP contribution is -2.23. The normalized spacial score (nSPS) is 15.8. The highest BCUT2D eigenvalue weighted by molar-refractivity contribution is 5.99. The lowest BCUT2D eigenvalue weighted by atomic mass is 9.73. The molecule has 0 bridgehead atoms. The number of rotatable bonds is 8. The van der Waals surface area contributed by atoms with Crippen molar-refractivity contribution in [1.29, 1.82) is 0 Å². The van der Waals surface area contributed by atoms with E-state index in [-0.39, 0.29) is 10.8 Å². The molecule has 270 valence electrons. The fourth-order valence-corrected chi connectivity index (χ4v) is 10.2. The van der Waals surface area contributed by atoms with Crippen LogP contribution in [0.25, 0.3) is 44.5 Å². The first-order chi connectivity index (χ1) is 27.6. The second-order valence-electron chi connectivity index (χ2n) is 15.6. The second kappa shape index (κ2) is 13.4. The average Bonchev–Trinajstić information content (AvgIpc) is 3.71. The number of nitrogens with zero attached hydrogens (tertiary/aromatic N) is 1. The predicted octanol–water partition coefficient (Wildman–Crippen LogP) is 14.9. The zero-order valence-corrected chi connectivity index (χ0v) is 32.3. The fourth-order valence-electron chi connectivity index (χ4n) is 10.2. The van der Waals surface area contributed by atoms with Gasteiger partial charge in [-0.3, -0.25) is 0 Å². The molecule has 0 amide bonds. The van der Waals surface area contributed by atoms with E-state index in [4.69, 9.17) is 0 Å². The first-order valence-corrected chi connectivity index (χ1v) is 20.1. The summed E-state index contributed by atoms with van der Waals surface area (Å²) in [7, 11) is 0. The summed E-state index contributed by atoms with van der Waals surface area (Å²) in [6.45, 7) is 7.11. The maximum absolute atomic E-state index is 2.49. The summed E-state index contributed by atoms with van der Waals surface area (Å²) in [5.41, 5.74) is 20.3. The van der Waals surface area contributed by atoms with Gasteiger partial charge in [-0.2, -0.15) is 0 Å². The van der Waals surface area contributed by atoms with Gasteiger partial charge in [-0.1, -0.05) is 178 Å². The molecule has 0 aliphatic heterocycles. The highest BCUT2D eigenvalue weighted by atomic mass is 15.1. The SMILES string of the molecule is CCC1(CC)c2ccccc2-c2c(-c3ccccc3N(c3ccc(-c4ccccc4)cc3)c3ccc4c(c3)C(C)(c3ccccc3)c3ccccc3-4)cccc21. The van der Waals surface area contributed by atoms with Gasteiger partial charge >= 0.3 is 0 Å². The Morgan fingerprint density at radius 1 is 0.393 bits per heavy atom. The second-order valence-corrected chi connectivity index (χ2v) is 15.6. The van der Waals surface area contributed by atoms with Crippen LogP contribution in [0.1, 0.15) is 61.4 Å². The molecule has 8 aromatic carbocycles. The largest absolute Gasteiger partial charge is 0.310 e. The van der Waals surface area contributed by atoms with Crippen molar-refractivity contribution in [1.82, 2.24) is 0 Å². The van der Waals surface area contributed by atoms with Crippen molar-refractivity contribution in [2.24, 2.45) is 0 Å². The Morgan fingerprint density at radius 3 is 1.66 bits per heavy atom. The van der Waals surface area contributed by atoms with Crippen LogP contribution >= 0.6 is 0 Å². The number of anilines is 3. The van der Waals surface area contributed by atoms with Crippen molar-refractivity contribution in [2.75, 3.05) is 4.90 Å². The molecule has 0 saturated heterocycles. The Kier molecular flexibility index (Phi) is 8.15. The molecule has 0 fully saturated rings. The minimum Gasteiger partial charge on any atom is -0.310 e. The molecule has 0 saturated carbocycles. The van der Waals surface area contributed by atoms with Crippen molar-refractivity contribution in [2.45, 2.75) is 44.4 Å². The van der Waals surface area contributed by atoms with Gasteiger partial charge in [-0.05, 0) is 117 Å². The van der Waals surface area contributed by atoms with E-state index in [0.717, 1.165) is 29.9 Å². The van der Waals surface area contributed by atoms with Gasteiger partial charge in [0, 0.05) is 27.8 Å². The van der Waals surface area contributed by atoms with Crippen LogP contribution in [0.4, 0.5) is 17.1 Å². The molecular formula is C55H45N. The monoisotopic (exact) mass is 719 g/mol. The molecule has 0 radical (unpaired) electrons. The Morgan fingerprint density at radius 2 is 0.929 bits per heavy atom. The minimum absolute atomic E-state index is 0.000716. The molecule has 1 atom stereocenters. The van der Waals surface area contributed by atoms with Crippen LogP contribution in [0.5, 0.6) is 0 Å². The molecule has 2 aliphatic rings. The third kappa shape index (κ3) is 5.00. The van der Waals surface area contributed by atoms with Crippen molar-refractivity contribution in [3.63, 3.8) is 0 Å². The number of hydrogen-bond donors (Lipinski definition) is 0. The Labute approximate surface area is 331 Å². The van der Waals surface area contributed by atoms with E-state index in [2.05, 4.69) is 220 Å². The van der Waals surface area contributed by atoms with Crippen molar-refractivity contribution in [3.8, 4) is 44.5 Å². The molecule has 10 rings (SSSR count). The topological polar surface area (TPSA) is 3.24 Å². The lowest BCUT2D eigenvalue weighted by molar-refractivity contribution is 0.490. The summed E-state index contributed by atoms with van der Waals surface area (Å²) in [6, 6.07) is 72.1. The summed E-state index contributed by atoms with van der Waals surface area (Å²) >= 11 is 0. The molecule has 1 nitrogen and oxygen atoms in total. The van der Waals surface area contributed by atoms with E-state index >= 15 is 0 Å². The van der Waals surface area contributed by atoms with Crippen LogP contribution in [0.2, 0.25) is 0 Å². The molecule has 0 spiro atoms. The maximum atomic E-state index is 2.49. The molecule has 0 N–H and O–H groups in total. The predicted molar refractivity (Wildman–Crippen MR) is 236 cm³/mol. The maximum Gasteiger partial charge on any atom is 0.0540 e. The summed E-state index contributed by atoms with van der Waals surface area (Å²) in [5, 5.41) is 0. The van der Waals surface area contributed by atoms with Gasteiger partial charge < -0.3 is 4.90 Å². The minimum atomic E-state index is -0.306. The molecule has 1 heteroatoms. The van der Waals surface area contributed by atoms with Crippen molar-refractivity contribution >= 4 is 17.1 Å². The quantitative estimate of drug-likeness (QED) is 0.151.